The van der Waals surface area contributed by atoms with Gasteiger partial charge in [-0.2, -0.15) is 0 Å². The summed E-state index contributed by atoms with van der Waals surface area (Å²) in [5.41, 5.74) is 2.47. The molecule has 2 aromatic rings. The van der Waals surface area contributed by atoms with Gasteiger partial charge in [-0.3, -0.25) is 9.78 Å². The van der Waals surface area contributed by atoms with E-state index in [0.29, 0.717) is 5.92 Å². The molecule has 1 aromatic carbocycles. The average molecular weight is 421 g/mol. The molecule has 0 saturated heterocycles. The zero-order chi connectivity index (χ0) is 17.2. The number of carboxylic acid groups (broad SMARTS) is 1. The predicted octanol–water partition coefficient (Wildman–Crippen LogP) is 3.86. The van der Waals surface area contributed by atoms with Crippen molar-refractivity contribution in [2.24, 2.45) is 0 Å². The maximum Gasteiger partial charge on any atom is 2.00 e. The monoisotopic (exact) mass is 420 g/mol. The van der Waals surface area contributed by atoms with Crippen molar-refractivity contribution in [2.75, 3.05) is 20.6 Å². The van der Waals surface area contributed by atoms with Crippen molar-refractivity contribution in [3.05, 3.63) is 64.4 Å². The van der Waals surface area contributed by atoms with Crippen LogP contribution >= 0.6 is 15.9 Å². The molecule has 0 aliphatic heterocycles. The van der Waals surface area contributed by atoms with E-state index in [4.69, 9.17) is 9.90 Å². The van der Waals surface area contributed by atoms with E-state index in [-0.39, 0.29) is 40.6 Å². The van der Waals surface area contributed by atoms with E-state index in [0.717, 1.165) is 30.1 Å². The van der Waals surface area contributed by atoms with Gasteiger partial charge in [0.25, 0.3) is 5.97 Å². The van der Waals surface area contributed by atoms with Gasteiger partial charge in [-0.05, 0) is 56.9 Å². The molecule has 0 aliphatic carbocycles. The second-order valence-electron chi connectivity index (χ2n) is 5.47. The molecule has 0 bridgehead atoms. The summed E-state index contributed by atoms with van der Waals surface area (Å²) >= 11 is 3.49. The Hall–Kier alpha value is -0.460. The van der Waals surface area contributed by atoms with Crippen LogP contribution in [0.3, 0.4) is 0 Å². The van der Waals surface area contributed by atoms with Gasteiger partial charge >= 0.3 is 37.7 Å². The van der Waals surface area contributed by atoms with E-state index in [1.165, 1.54) is 5.56 Å². The fraction of sp³-hybridized carbons (Fsp3) is 0.333. The zero-order valence-electron chi connectivity index (χ0n) is 16.4. The molecule has 0 radical (unpaired) electrons. The molecule has 6 heteroatoms. The molecule has 1 atom stereocenters. The van der Waals surface area contributed by atoms with E-state index < -0.39 is 5.97 Å². The van der Waals surface area contributed by atoms with Crippen LogP contribution in [0.5, 0.6) is 0 Å². The number of hydrogen-bond donors (Lipinski definition) is 1. The van der Waals surface area contributed by atoms with Crippen molar-refractivity contribution in [1.82, 2.24) is 9.88 Å². The normalized spacial score (nSPS) is 11.0. The Morgan fingerprint density at radius 1 is 1.25 bits per heavy atom. The second-order valence-corrected chi connectivity index (χ2v) is 6.39. The first-order valence-corrected chi connectivity index (χ1v) is 8.20. The molecule has 1 heterocycles. The summed E-state index contributed by atoms with van der Waals surface area (Å²) in [4.78, 5) is 15.7. The van der Waals surface area contributed by atoms with Gasteiger partial charge in [-0.15, -0.1) is 0 Å². The number of nitrogens with zero attached hydrogens (tertiary/aromatic N) is 2. The van der Waals surface area contributed by atoms with Gasteiger partial charge in [-0.25, -0.2) is 0 Å². The molecule has 0 amide bonds. The third-order valence-electron chi connectivity index (χ3n) is 3.18. The van der Waals surface area contributed by atoms with Crippen molar-refractivity contribution >= 4 is 59.6 Å². The summed E-state index contributed by atoms with van der Waals surface area (Å²) in [7, 11) is 4.22. The van der Waals surface area contributed by atoms with Crippen molar-refractivity contribution < 1.29 is 12.8 Å². The van der Waals surface area contributed by atoms with Gasteiger partial charge in [0.1, 0.15) is 0 Å². The Morgan fingerprint density at radius 3 is 2.29 bits per heavy atom. The first-order valence-electron chi connectivity index (χ1n) is 7.40. The average Bonchev–Trinajstić information content (AvgIpc) is 2.49. The first kappa shape index (κ1) is 23.5. The van der Waals surface area contributed by atoms with Crippen LogP contribution < -0.4 is 0 Å². The van der Waals surface area contributed by atoms with E-state index >= 15 is 0 Å². The van der Waals surface area contributed by atoms with Gasteiger partial charge in [0.05, 0.1) is 0 Å². The minimum atomic E-state index is -0.833. The number of halogens is 1. The number of carbonyl (C=O) groups is 1. The van der Waals surface area contributed by atoms with Gasteiger partial charge in [0.2, 0.25) is 0 Å². The number of aromatic nitrogens is 1. The van der Waals surface area contributed by atoms with E-state index in [2.05, 4.69) is 76.3 Å². The summed E-state index contributed by atoms with van der Waals surface area (Å²) in [6.07, 6.45) is 2.95. The minimum absolute atomic E-state index is 0. The van der Waals surface area contributed by atoms with Crippen LogP contribution in [0.2, 0.25) is 0 Å². The van der Waals surface area contributed by atoms with E-state index in [1.807, 2.05) is 12.3 Å². The Labute approximate surface area is 185 Å². The van der Waals surface area contributed by atoms with Crippen LogP contribution in [0.15, 0.2) is 53.1 Å². The molecule has 1 N–H and O–H groups in total. The third kappa shape index (κ3) is 9.74. The molecule has 0 saturated carbocycles. The summed E-state index contributed by atoms with van der Waals surface area (Å²) in [6.45, 7) is 2.14. The van der Waals surface area contributed by atoms with Gasteiger partial charge in [-0.1, -0.05) is 34.1 Å². The number of benzene rings is 1. The van der Waals surface area contributed by atoms with Crippen LogP contribution in [0, 0.1) is 0 Å². The SMILES string of the molecule is CC(=O)O.CN(C)CCC(c1ccc(Br)cc1)c1ccccn1.[Ca+2].[H-].[H-]. The molecule has 2 rings (SSSR count). The van der Waals surface area contributed by atoms with Crippen molar-refractivity contribution in [3.63, 3.8) is 0 Å². The van der Waals surface area contributed by atoms with Crippen LogP contribution in [0.1, 0.15) is 33.4 Å². The Morgan fingerprint density at radius 2 is 1.83 bits per heavy atom. The number of carboxylic acids is 1. The first-order chi connectivity index (χ1) is 10.9. The summed E-state index contributed by atoms with van der Waals surface area (Å²) < 4.78 is 1.11. The molecule has 0 spiro atoms. The fourth-order valence-corrected chi connectivity index (χ4v) is 2.41. The van der Waals surface area contributed by atoms with Crippen LogP contribution in [0.25, 0.3) is 0 Å². The number of hydrogen-bond acceptors (Lipinski definition) is 3. The van der Waals surface area contributed by atoms with Crippen molar-refractivity contribution in [2.45, 2.75) is 19.3 Å². The Balaban J connectivity index is -0.000000689. The zero-order valence-corrected chi connectivity index (χ0v) is 18.2. The van der Waals surface area contributed by atoms with Gasteiger partial charge < -0.3 is 12.9 Å². The molecular weight excluding hydrogens is 396 g/mol. The predicted molar refractivity (Wildman–Crippen MR) is 105 cm³/mol. The van der Waals surface area contributed by atoms with Gasteiger partial charge in [0.15, 0.2) is 0 Å². The third-order valence-corrected chi connectivity index (χ3v) is 3.71. The molecule has 1 unspecified atom stereocenters. The van der Waals surface area contributed by atoms with E-state index in [9.17, 15) is 0 Å². The standard InChI is InChI=1S/C16H19BrN2.C2H4O2.Ca.2H/c1-19(2)12-10-15(16-5-3-4-11-18-16)13-6-8-14(17)9-7-13;1-2(3)4;;;/h3-9,11,15H,10,12H2,1-2H3;1H3,(H,3,4);;;/q;;+2;2*-1. The Kier molecular flexibility index (Phi) is 12.6. The molecular formula is C18H25BrCaN2O2. The Bertz CT molecular complexity index is 598. The molecule has 24 heavy (non-hydrogen) atoms. The van der Waals surface area contributed by atoms with Crippen LogP contribution in [0.4, 0.5) is 0 Å². The maximum atomic E-state index is 9.00. The number of rotatable bonds is 5. The topological polar surface area (TPSA) is 53.4 Å². The van der Waals surface area contributed by atoms with Crippen LogP contribution in [-0.2, 0) is 4.79 Å². The molecule has 0 fully saturated rings. The molecule has 0 aliphatic rings. The number of pyridine rings is 1. The summed E-state index contributed by atoms with van der Waals surface area (Å²) in [5, 5.41) is 7.42. The quantitative estimate of drug-likeness (QED) is 0.745. The fourth-order valence-electron chi connectivity index (χ4n) is 2.15. The number of aliphatic carboxylic acids is 1. The largest absolute Gasteiger partial charge is 2.00 e. The van der Waals surface area contributed by atoms with Crippen LogP contribution in [-0.4, -0.2) is 79.3 Å². The maximum absolute atomic E-state index is 9.00. The molecule has 4 nitrogen and oxygen atoms in total. The smallest absolute Gasteiger partial charge is 1.00 e. The minimum Gasteiger partial charge on any atom is -1.00 e. The summed E-state index contributed by atoms with van der Waals surface area (Å²) in [5.74, 6) is -0.475. The van der Waals surface area contributed by atoms with Crippen molar-refractivity contribution in [1.29, 1.82) is 0 Å². The second kappa shape index (κ2) is 12.8. The van der Waals surface area contributed by atoms with E-state index in [1.54, 1.807) is 0 Å². The summed E-state index contributed by atoms with van der Waals surface area (Å²) in [6, 6.07) is 14.7. The van der Waals surface area contributed by atoms with Gasteiger partial charge in [0, 0.05) is 29.2 Å². The molecule has 128 valence electrons. The molecule has 1 aromatic heterocycles. The van der Waals surface area contributed by atoms with Crippen molar-refractivity contribution in [3.8, 4) is 0 Å².